The van der Waals surface area contributed by atoms with Crippen molar-refractivity contribution in [3.8, 4) is 5.75 Å². The Morgan fingerprint density at radius 1 is 1.19 bits per heavy atom. The van der Waals surface area contributed by atoms with E-state index < -0.39 is 6.10 Å². The molecule has 0 radical (unpaired) electrons. The highest BCUT2D eigenvalue weighted by Crippen LogP contribution is 2.33. The minimum absolute atomic E-state index is 0.462. The second-order valence-corrected chi connectivity index (χ2v) is 5.35. The van der Waals surface area contributed by atoms with Crippen LogP contribution in [0.2, 0.25) is 5.02 Å². The molecule has 1 N–H and O–H groups in total. The number of benzene rings is 2. The third-order valence-electron chi connectivity index (χ3n) is 3.53. The van der Waals surface area contributed by atoms with E-state index in [1.165, 1.54) is 0 Å². The fourth-order valence-corrected chi connectivity index (χ4v) is 2.57. The van der Waals surface area contributed by atoms with Crippen LogP contribution in [0.25, 0.3) is 11.0 Å². The Labute approximate surface area is 127 Å². The summed E-state index contributed by atoms with van der Waals surface area (Å²) in [6.45, 7) is 1.95. The molecule has 1 aromatic heterocycles. The Morgan fingerprint density at radius 2 is 2.00 bits per heavy atom. The summed E-state index contributed by atoms with van der Waals surface area (Å²) >= 11 is 6.09. The maximum atomic E-state index is 10.5. The molecule has 0 aliphatic rings. The van der Waals surface area contributed by atoms with Gasteiger partial charge in [0.15, 0.2) is 5.58 Å². The summed E-state index contributed by atoms with van der Waals surface area (Å²) in [5.74, 6) is 1.20. The zero-order valence-corrected chi connectivity index (χ0v) is 12.5. The van der Waals surface area contributed by atoms with Crippen molar-refractivity contribution in [3.63, 3.8) is 0 Å². The number of methoxy groups -OCH3 is 1. The van der Waals surface area contributed by atoms with Crippen molar-refractivity contribution in [2.45, 2.75) is 13.0 Å². The van der Waals surface area contributed by atoms with Crippen LogP contribution < -0.4 is 4.74 Å². The molecule has 0 saturated carbocycles. The molecule has 1 unspecified atom stereocenters. The van der Waals surface area contributed by atoms with E-state index in [-0.39, 0.29) is 0 Å². The van der Waals surface area contributed by atoms with E-state index in [1.807, 2.05) is 37.3 Å². The number of furan rings is 1. The van der Waals surface area contributed by atoms with E-state index in [0.29, 0.717) is 21.9 Å². The first-order valence-corrected chi connectivity index (χ1v) is 6.98. The van der Waals surface area contributed by atoms with Gasteiger partial charge in [-0.25, -0.2) is 0 Å². The van der Waals surface area contributed by atoms with Gasteiger partial charge in [0.2, 0.25) is 0 Å². The number of rotatable bonds is 3. The van der Waals surface area contributed by atoms with Crippen LogP contribution in [0.5, 0.6) is 5.75 Å². The summed E-state index contributed by atoms with van der Waals surface area (Å²) in [5, 5.41) is 11.9. The van der Waals surface area contributed by atoms with Crippen molar-refractivity contribution in [1.29, 1.82) is 0 Å². The molecule has 108 valence electrons. The Morgan fingerprint density at radius 3 is 2.71 bits per heavy atom. The summed E-state index contributed by atoms with van der Waals surface area (Å²) in [5.41, 5.74) is 2.32. The quantitative estimate of drug-likeness (QED) is 0.775. The third-order valence-corrected chi connectivity index (χ3v) is 3.83. The topological polar surface area (TPSA) is 42.6 Å². The summed E-state index contributed by atoms with van der Waals surface area (Å²) in [7, 11) is 1.61. The molecular weight excluding hydrogens is 288 g/mol. The first kappa shape index (κ1) is 14.0. The van der Waals surface area contributed by atoms with Crippen molar-refractivity contribution in [2.75, 3.05) is 7.11 Å². The van der Waals surface area contributed by atoms with E-state index in [2.05, 4.69) is 0 Å². The van der Waals surface area contributed by atoms with Gasteiger partial charge in [-0.05, 0) is 36.2 Å². The molecule has 0 spiro atoms. The maximum Gasteiger partial charge on any atom is 0.153 e. The van der Waals surface area contributed by atoms with Gasteiger partial charge in [0.1, 0.15) is 17.6 Å². The predicted molar refractivity (Wildman–Crippen MR) is 83.0 cm³/mol. The van der Waals surface area contributed by atoms with Gasteiger partial charge < -0.3 is 14.3 Å². The molecule has 1 atom stereocenters. The first-order chi connectivity index (χ1) is 10.1. The van der Waals surface area contributed by atoms with Crippen LogP contribution in [-0.4, -0.2) is 12.2 Å². The first-order valence-electron chi connectivity index (χ1n) is 6.60. The highest BCUT2D eigenvalue weighted by atomic mass is 35.5. The van der Waals surface area contributed by atoms with Crippen molar-refractivity contribution < 1.29 is 14.3 Å². The Kier molecular flexibility index (Phi) is 3.62. The smallest absolute Gasteiger partial charge is 0.153 e. The molecule has 3 rings (SSSR count). The second-order valence-electron chi connectivity index (χ2n) is 4.94. The molecule has 0 amide bonds. The van der Waals surface area contributed by atoms with Crippen molar-refractivity contribution >= 4 is 22.6 Å². The molecule has 0 fully saturated rings. The number of aryl methyl sites for hydroxylation is 1. The van der Waals surface area contributed by atoms with Crippen LogP contribution in [0.1, 0.15) is 23.0 Å². The van der Waals surface area contributed by atoms with E-state index in [1.54, 1.807) is 19.2 Å². The van der Waals surface area contributed by atoms with E-state index >= 15 is 0 Å². The lowest BCUT2D eigenvalue weighted by atomic mass is 10.0. The molecular formula is C17H15ClO3. The lowest BCUT2D eigenvalue weighted by Crippen LogP contribution is -1.99. The van der Waals surface area contributed by atoms with Crippen molar-refractivity contribution in [3.05, 3.63) is 64.4 Å². The summed E-state index contributed by atoms with van der Waals surface area (Å²) < 4.78 is 11.0. The second kappa shape index (κ2) is 5.43. The van der Waals surface area contributed by atoms with Gasteiger partial charge in [-0.2, -0.15) is 0 Å². The van der Waals surface area contributed by atoms with Crippen LogP contribution in [0.3, 0.4) is 0 Å². The van der Waals surface area contributed by atoms with Gasteiger partial charge in [0, 0.05) is 5.39 Å². The third kappa shape index (κ3) is 2.50. The standard InChI is InChI=1S/C17H15ClO3/c1-10-6-7-11(8-14(10)20-2)16(19)15-9-12-4-3-5-13(18)17(12)21-15/h3-9,16,19H,1-2H3. The number of hydrogen-bond donors (Lipinski definition) is 1. The molecule has 2 aromatic carbocycles. The normalized spacial score (nSPS) is 12.6. The molecule has 0 aliphatic heterocycles. The van der Waals surface area contributed by atoms with Gasteiger partial charge in [-0.3, -0.25) is 0 Å². The van der Waals surface area contributed by atoms with Gasteiger partial charge in [-0.1, -0.05) is 35.9 Å². The van der Waals surface area contributed by atoms with E-state index in [0.717, 1.165) is 16.7 Å². The molecule has 0 bridgehead atoms. The zero-order chi connectivity index (χ0) is 15.0. The number of fused-ring (bicyclic) bond motifs is 1. The summed E-state index contributed by atoms with van der Waals surface area (Å²) in [6.07, 6.45) is -0.858. The van der Waals surface area contributed by atoms with Crippen LogP contribution in [0, 0.1) is 6.92 Å². The fourth-order valence-electron chi connectivity index (χ4n) is 2.35. The van der Waals surface area contributed by atoms with E-state index in [9.17, 15) is 5.11 Å². The fraction of sp³-hybridized carbons (Fsp3) is 0.176. The van der Waals surface area contributed by atoms with Crippen molar-refractivity contribution in [1.82, 2.24) is 0 Å². The average molecular weight is 303 g/mol. The minimum Gasteiger partial charge on any atom is -0.496 e. The van der Waals surface area contributed by atoms with Gasteiger partial charge >= 0.3 is 0 Å². The SMILES string of the molecule is COc1cc(C(O)c2cc3cccc(Cl)c3o2)ccc1C. The highest BCUT2D eigenvalue weighted by Gasteiger charge is 2.17. The Hall–Kier alpha value is -1.97. The van der Waals surface area contributed by atoms with Gasteiger partial charge in [-0.15, -0.1) is 0 Å². The molecule has 3 nitrogen and oxygen atoms in total. The van der Waals surface area contributed by atoms with Crippen molar-refractivity contribution in [2.24, 2.45) is 0 Å². The molecule has 1 heterocycles. The molecule has 3 aromatic rings. The van der Waals surface area contributed by atoms with Gasteiger partial charge in [0.05, 0.1) is 12.1 Å². The molecule has 0 aliphatic carbocycles. The molecule has 0 saturated heterocycles. The largest absolute Gasteiger partial charge is 0.496 e. The molecule has 4 heteroatoms. The number of ether oxygens (including phenoxy) is 1. The number of aliphatic hydroxyl groups excluding tert-OH is 1. The lowest BCUT2D eigenvalue weighted by molar-refractivity contribution is 0.192. The number of aliphatic hydroxyl groups is 1. The predicted octanol–water partition coefficient (Wildman–Crippen LogP) is 4.48. The highest BCUT2D eigenvalue weighted by molar-refractivity contribution is 6.34. The number of hydrogen-bond acceptors (Lipinski definition) is 3. The monoisotopic (exact) mass is 302 g/mol. The lowest BCUT2D eigenvalue weighted by Gasteiger charge is -2.11. The van der Waals surface area contributed by atoms with Crippen LogP contribution in [0.4, 0.5) is 0 Å². The maximum absolute atomic E-state index is 10.5. The van der Waals surface area contributed by atoms with Gasteiger partial charge in [0.25, 0.3) is 0 Å². The zero-order valence-electron chi connectivity index (χ0n) is 11.8. The molecule has 21 heavy (non-hydrogen) atoms. The van der Waals surface area contributed by atoms with Crippen LogP contribution >= 0.6 is 11.6 Å². The summed E-state index contributed by atoms with van der Waals surface area (Å²) in [6, 6.07) is 12.9. The summed E-state index contributed by atoms with van der Waals surface area (Å²) in [4.78, 5) is 0. The van der Waals surface area contributed by atoms with Crippen LogP contribution in [-0.2, 0) is 0 Å². The Balaban J connectivity index is 2.03. The average Bonchev–Trinajstić information content (AvgIpc) is 2.92. The Bertz CT molecular complexity index is 792. The number of halogens is 1. The number of para-hydroxylation sites is 1. The minimum atomic E-state index is -0.858. The van der Waals surface area contributed by atoms with Crippen LogP contribution in [0.15, 0.2) is 46.9 Å². The van der Waals surface area contributed by atoms with E-state index in [4.69, 9.17) is 20.8 Å².